The van der Waals surface area contributed by atoms with E-state index >= 15 is 0 Å². The molecule has 114 heavy (non-hydrogen) atoms. The van der Waals surface area contributed by atoms with Gasteiger partial charge in [-0.3, -0.25) is 9.59 Å². The quantitative estimate of drug-likeness (QED) is 0.0106. The van der Waals surface area contributed by atoms with E-state index in [-0.39, 0.29) is 29.8 Å². The van der Waals surface area contributed by atoms with Gasteiger partial charge < -0.3 is 23.7 Å². The fourth-order valence-corrected chi connectivity index (χ4v) is 12.4. The molecule has 0 aliphatic rings. The van der Waals surface area contributed by atoms with E-state index in [0.29, 0.717) is 39.0 Å². The van der Waals surface area contributed by atoms with Gasteiger partial charge in [-0.05, 0) is 138 Å². The van der Waals surface area contributed by atoms with Gasteiger partial charge >= 0.3 is 52.3 Å². The number of carbonyl (C=O) groups excluding carboxylic acids is 7. The molecule has 0 N–H and O–H groups in total. The van der Waals surface area contributed by atoms with Crippen molar-refractivity contribution in [2.45, 2.75) is 104 Å². The summed E-state index contributed by atoms with van der Waals surface area (Å²) in [7, 11) is 6.88. The van der Waals surface area contributed by atoms with Gasteiger partial charge in [0.05, 0.1) is 35.5 Å². The molecule has 0 unspecified atom stereocenters. The third kappa shape index (κ3) is 50.7. The summed E-state index contributed by atoms with van der Waals surface area (Å²) in [5, 5.41) is 3.74. The predicted molar refractivity (Wildman–Crippen MR) is 472 cm³/mol. The second-order valence-electron chi connectivity index (χ2n) is 25.0. The van der Waals surface area contributed by atoms with E-state index in [1.165, 1.54) is 51.5 Å². The molecule has 0 aromatic heterocycles. The Balaban J connectivity index is 0. The van der Waals surface area contributed by atoms with Crippen molar-refractivity contribution in [2.24, 2.45) is 0 Å². The van der Waals surface area contributed by atoms with Crippen LogP contribution >= 0.6 is 6.89 Å². The van der Waals surface area contributed by atoms with Gasteiger partial charge in [0.2, 0.25) is 0 Å². The van der Waals surface area contributed by atoms with E-state index in [2.05, 4.69) is 97.5 Å². The van der Waals surface area contributed by atoms with Crippen LogP contribution in [0.4, 0.5) is 0 Å². The summed E-state index contributed by atoms with van der Waals surface area (Å²) in [6.07, 6.45) is 72.5. The Morgan fingerprint density at radius 3 is 0.579 bits per heavy atom. The number of hydrogen-bond donors (Lipinski definition) is 0. The molecule has 0 atom stereocenters. The monoisotopic (exact) mass is 1600 g/mol. The molecule has 16 heteroatoms. The van der Waals surface area contributed by atoms with E-state index in [4.69, 9.17) is 12.4 Å². The van der Waals surface area contributed by atoms with Gasteiger partial charge in [0, 0.05) is 27.9 Å². The summed E-state index contributed by atoms with van der Waals surface area (Å²) in [6, 6.07) is 31.5. The molecule has 0 radical (unpaired) electrons. The van der Waals surface area contributed by atoms with Gasteiger partial charge in [0.1, 0.15) is 12.6 Å². The Labute approximate surface area is 685 Å². The average Bonchev–Trinajstić information content (AvgIpc) is 0.758. The third-order valence-corrected chi connectivity index (χ3v) is 19.1. The topological polar surface area (TPSA) is 200 Å². The van der Waals surface area contributed by atoms with Crippen LogP contribution in [0.3, 0.4) is 0 Å². The van der Waals surface area contributed by atoms with Crippen molar-refractivity contribution in [3.8, 4) is 0 Å². The van der Waals surface area contributed by atoms with Gasteiger partial charge in [-0.1, -0.05) is 366 Å². The standard InChI is InChI=1S/C32H40O4.C24H23O2P.C22H28O4.C20H24O2.Mn.2O/c1-25(17-11-19-27(3)21-13-23-29(5)31(33)35-7)15-9-10-16-26(2)18-12-20-28(4)22-14-24-30(6)32(34)36-8;1-20(24(25)26-2)18-19-27(21-12-6-3-7-13-21,22-14-8-4-9-15-22)23-16-10-5-11-17-23;1-17(13-9-15-19(3)21(23)25-5)11-7-8-12-18(2)14-10-16-20(4)22(24)26-6;1-17(11-7-13-19(3)15-21)9-5-6-10-18(2)12-8-14-20(4)16-22;;;/h9-24H,1-8H3;3-19H,1-2H3;7-16H,1-6H3;5-16H,1-4H3;;;/b10-9+,17-11+,18-12+,21-13+,22-14+,25-15+,26-16+,27-19+,28-20+,29-23+,30-24+;20-18+;8-7+,13-9+,14-10+,17-11+,18-12+,19-15+,20-16+;6-5+,11-7+,12-8+,17-9+,18-10+,19-13+,20-14+;;;. The first-order valence-corrected chi connectivity index (χ1v) is 39.0. The summed E-state index contributed by atoms with van der Waals surface area (Å²) < 4.78 is 40.3. The Bertz CT molecular complexity index is 4260. The molecule has 0 saturated heterocycles. The molecule has 3 aromatic carbocycles. The number of methoxy groups -OCH3 is 5. The van der Waals surface area contributed by atoms with Crippen LogP contribution in [0.25, 0.3) is 0 Å². The summed E-state index contributed by atoms with van der Waals surface area (Å²) in [5.74, 6) is 0.586. The van der Waals surface area contributed by atoms with Crippen LogP contribution < -0.4 is 15.9 Å². The van der Waals surface area contributed by atoms with E-state index in [1.54, 1.807) is 84.9 Å². The number of carbonyl (C=O) groups is 7. The van der Waals surface area contributed by atoms with Gasteiger partial charge in [0.15, 0.2) is 0 Å². The molecule has 0 bridgehead atoms. The summed E-state index contributed by atoms with van der Waals surface area (Å²) in [5.41, 5.74) is 12.9. The van der Waals surface area contributed by atoms with Gasteiger partial charge in [0.25, 0.3) is 0 Å². The van der Waals surface area contributed by atoms with Crippen molar-refractivity contribution in [1.82, 2.24) is 0 Å². The van der Waals surface area contributed by atoms with E-state index in [1.807, 2.05) is 262 Å². The van der Waals surface area contributed by atoms with Crippen molar-refractivity contribution < 1.29 is 79.7 Å². The van der Waals surface area contributed by atoms with Gasteiger partial charge in [-0.15, -0.1) is 0 Å². The number of ether oxygens (including phenoxy) is 5. The summed E-state index contributed by atoms with van der Waals surface area (Å²) >= 11 is -1.44. The first kappa shape index (κ1) is 104. The molecule has 0 saturated carbocycles. The number of esters is 5. The van der Waals surface area contributed by atoms with Crippen molar-refractivity contribution in [3.05, 3.63) is 399 Å². The molecule has 0 spiro atoms. The molecule has 0 heterocycles. The van der Waals surface area contributed by atoms with Crippen molar-refractivity contribution in [3.63, 3.8) is 0 Å². The molecule has 0 fully saturated rings. The minimum absolute atomic E-state index is 0.307. The maximum atomic E-state index is 11.9. The Morgan fingerprint density at radius 2 is 0.404 bits per heavy atom. The molecule has 0 amide bonds. The SMILES string of the molecule is COC(=O)/C(C)=C/C=C/C(C)=C/C=C/C(C)=C/C=C/C=C(C)/C=C/C=C(C)/C=C/C=C(\C)C(=O)OC.COC(=O)/C(C)=C/C=C/C(C)=C/C=C/C=C(C)/C=C/C=C(\C)C(=O)OC.COC(=O)/C(C)=C/C=P(c1ccccc1)(c1ccccc1)c1ccccc1.C\C(C=O)=C/C=C/C(C)=C/C=C/C=C(C)/C=C/C=C(\C)C=O.[O]=[Mn]=[O]. The molecule has 0 aliphatic carbocycles. The fourth-order valence-electron chi connectivity index (χ4n) is 8.61. The second-order valence-corrected chi connectivity index (χ2v) is 28.5. The van der Waals surface area contributed by atoms with Crippen molar-refractivity contribution in [2.75, 3.05) is 35.5 Å². The number of allylic oxidation sites excluding steroid dienone is 47. The van der Waals surface area contributed by atoms with Gasteiger partial charge in [-0.2, -0.15) is 0 Å². The fraction of sp³-hybridized carbons (Fsp3) is 0.204. The third-order valence-electron chi connectivity index (χ3n) is 15.1. The Kier molecular flexibility index (Phi) is 60.0. The maximum absolute atomic E-state index is 11.9. The van der Waals surface area contributed by atoms with Crippen molar-refractivity contribution in [1.29, 1.82) is 0 Å². The molecular formula is C98H115MnO14P. The average molecular weight is 1600 g/mol. The van der Waals surface area contributed by atoms with Crippen LogP contribution in [0.5, 0.6) is 0 Å². The second kappa shape index (κ2) is 65.7. The van der Waals surface area contributed by atoms with Crippen molar-refractivity contribution >= 4 is 71.0 Å². The number of benzene rings is 3. The van der Waals surface area contributed by atoms with Crippen LogP contribution in [0.15, 0.2) is 399 Å². The van der Waals surface area contributed by atoms with Crippen LogP contribution in [-0.4, -0.2) is 83.8 Å². The molecule has 3 rings (SSSR count). The summed E-state index contributed by atoms with van der Waals surface area (Å²) in [4.78, 5) is 77.9. The first-order chi connectivity index (χ1) is 54.5. The van der Waals surface area contributed by atoms with Crippen LogP contribution in [0, 0.1) is 0 Å². The first-order valence-electron chi connectivity index (χ1n) is 36.2. The van der Waals surface area contributed by atoms with Gasteiger partial charge in [-0.25, -0.2) is 24.0 Å². The Morgan fingerprint density at radius 1 is 0.246 bits per heavy atom. The van der Waals surface area contributed by atoms with E-state index in [9.17, 15) is 33.6 Å². The molecule has 0 aliphatic heterocycles. The zero-order valence-electron chi connectivity index (χ0n) is 69.8. The number of hydrogen-bond acceptors (Lipinski definition) is 14. The molecular weight excluding hydrogens is 1490 g/mol. The van der Waals surface area contributed by atoms with Crippen LogP contribution in [0.2, 0.25) is 0 Å². The zero-order chi connectivity index (χ0) is 85.9. The van der Waals surface area contributed by atoms with E-state index < -0.39 is 21.7 Å². The predicted octanol–water partition coefficient (Wildman–Crippen LogP) is 21.1. The number of aldehydes is 2. The van der Waals surface area contributed by atoms with E-state index in [0.717, 1.165) is 57.2 Å². The molecule has 603 valence electrons. The normalized spacial score (nSPS) is 14.0. The van der Waals surface area contributed by atoms with Crippen LogP contribution in [0.1, 0.15) is 104 Å². The Hall–Kier alpha value is -12.0. The summed E-state index contributed by atoms with van der Waals surface area (Å²) in [6.45, 7) is 26.1. The number of rotatable bonds is 33. The molecule has 3 aromatic rings. The minimum atomic E-state index is -2.07. The zero-order valence-corrected chi connectivity index (χ0v) is 71.9. The van der Waals surface area contributed by atoms with Crippen LogP contribution in [-0.2, 0) is 79.7 Å². The molecule has 14 nitrogen and oxygen atoms in total.